The van der Waals surface area contributed by atoms with Gasteiger partial charge in [0.05, 0.1) is 0 Å². The molecule has 0 radical (unpaired) electrons. The first kappa shape index (κ1) is 14.8. The number of alkyl halides is 1. The van der Waals surface area contributed by atoms with Crippen molar-refractivity contribution in [2.45, 2.75) is 65.7 Å². The standard InChI is InChI=1S/C15H29I/c1-4-6-12(2)14-8-9-15(11-14)13(3)7-5-10-16/h12-15H,4-11H2,1-3H3. The summed E-state index contributed by atoms with van der Waals surface area (Å²) in [6, 6.07) is 0. The lowest BCUT2D eigenvalue weighted by Gasteiger charge is -2.21. The highest BCUT2D eigenvalue weighted by atomic mass is 127. The molecule has 1 saturated carbocycles. The molecule has 0 aromatic heterocycles. The SMILES string of the molecule is CCCC(C)C1CCC(C(C)CCCI)C1. The first-order valence-electron chi connectivity index (χ1n) is 7.25. The largest absolute Gasteiger partial charge is 0.0864 e. The van der Waals surface area contributed by atoms with Gasteiger partial charge >= 0.3 is 0 Å². The minimum absolute atomic E-state index is 0.978. The van der Waals surface area contributed by atoms with Crippen LogP contribution in [-0.4, -0.2) is 4.43 Å². The van der Waals surface area contributed by atoms with Crippen LogP contribution in [0.1, 0.15) is 65.7 Å². The van der Waals surface area contributed by atoms with Crippen molar-refractivity contribution >= 4 is 22.6 Å². The molecule has 0 aromatic carbocycles. The number of hydrogen-bond donors (Lipinski definition) is 0. The molecule has 0 N–H and O–H groups in total. The lowest BCUT2D eigenvalue weighted by Crippen LogP contribution is -2.12. The predicted octanol–water partition coefficient (Wildman–Crippen LogP) is 5.69. The second kappa shape index (κ2) is 7.94. The lowest BCUT2D eigenvalue weighted by molar-refractivity contribution is 0.293. The Balaban J connectivity index is 2.28. The molecule has 4 unspecified atom stereocenters. The Morgan fingerprint density at radius 3 is 2.12 bits per heavy atom. The first-order chi connectivity index (χ1) is 7.69. The molecule has 96 valence electrons. The molecule has 0 spiro atoms. The van der Waals surface area contributed by atoms with Crippen molar-refractivity contribution in [2.75, 3.05) is 4.43 Å². The van der Waals surface area contributed by atoms with Crippen LogP contribution in [0.15, 0.2) is 0 Å². The van der Waals surface area contributed by atoms with Crippen LogP contribution in [0.4, 0.5) is 0 Å². The summed E-state index contributed by atoms with van der Waals surface area (Å²) in [6.45, 7) is 7.29. The zero-order valence-corrected chi connectivity index (χ0v) is 13.5. The summed E-state index contributed by atoms with van der Waals surface area (Å²) in [6.07, 6.45) is 10.3. The molecule has 1 heteroatoms. The monoisotopic (exact) mass is 336 g/mol. The van der Waals surface area contributed by atoms with Crippen LogP contribution in [0.5, 0.6) is 0 Å². The fourth-order valence-electron chi connectivity index (χ4n) is 3.41. The molecule has 0 heterocycles. The lowest BCUT2D eigenvalue weighted by atomic mass is 9.84. The highest BCUT2D eigenvalue weighted by Gasteiger charge is 2.30. The van der Waals surface area contributed by atoms with Gasteiger partial charge in [0.25, 0.3) is 0 Å². The number of hydrogen-bond acceptors (Lipinski definition) is 0. The molecular weight excluding hydrogens is 307 g/mol. The number of rotatable bonds is 7. The van der Waals surface area contributed by atoms with Gasteiger partial charge in [-0.25, -0.2) is 0 Å². The van der Waals surface area contributed by atoms with Crippen LogP contribution in [-0.2, 0) is 0 Å². The van der Waals surface area contributed by atoms with E-state index < -0.39 is 0 Å². The summed E-state index contributed by atoms with van der Waals surface area (Å²) < 4.78 is 1.34. The van der Waals surface area contributed by atoms with Crippen LogP contribution in [0.25, 0.3) is 0 Å². The van der Waals surface area contributed by atoms with E-state index in [9.17, 15) is 0 Å². The number of halogens is 1. The van der Waals surface area contributed by atoms with Crippen molar-refractivity contribution in [3.63, 3.8) is 0 Å². The second-order valence-corrected chi connectivity index (χ2v) is 6.99. The molecule has 0 saturated heterocycles. The van der Waals surface area contributed by atoms with E-state index in [-0.39, 0.29) is 0 Å². The molecule has 0 aliphatic heterocycles. The third-order valence-corrected chi connectivity index (χ3v) is 5.42. The highest BCUT2D eigenvalue weighted by Crippen LogP contribution is 2.41. The van der Waals surface area contributed by atoms with Crippen LogP contribution in [0.2, 0.25) is 0 Å². The quantitative estimate of drug-likeness (QED) is 0.414. The molecule has 0 nitrogen and oxygen atoms in total. The van der Waals surface area contributed by atoms with Crippen molar-refractivity contribution < 1.29 is 0 Å². The van der Waals surface area contributed by atoms with Gasteiger partial charge < -0.3 is 0 Å². The minimum atomic E-state index is 0.978. The Morgan fingerprint density at radius 2 is 1.62 bits per heavy atom. The van der Waals surface area contributed by atoms with Crippen molar-refractivity contribution in [2.24, 2.45) is 23.7 Å². The molecule has 1 aliphatic carbocycles. The molecule has 4 atom stereocenters. The minimum Gasteiger partial charge on any atom is -0.0864 e. The molecular formula is C15H29I. The molecule has 0 aromatic rings. The fourth-order valence-corrected chi connectivity index (χ4v) is 3.85. The fraction of sp³-hybridized carbons (Fsp3) is 1.00. The van der Waals surface area contributed by atoms with E-state index in [4.69, 9.17) is 0 Å². The maximum atomic E-state index is 2.51. The predicted molar refractivity (Wildman–Crippen MR) is 82.2 cm³/mol. The first-order valence-corrected chi connectivity index (χ1v) is 8.77. The topological polar surface area (TPSA) is 0 Å². The summed E-state index contributed by atoms with van der Waals surface area (Å²) in [5.41, 5.74) is 0. The highest BCUT2D eigenvalue weighted by molar-refractivity contribution is 14.1. The Kier molecular flexibility index (Phi) is 7.34. The molecule has 0 bridgehead atoms. The maximum Gasteiger partial charge on any atom is -0.000463 e. The van der Waals surface area contributed by atoms with E-state index in [0.29, 0.717) is 0 Å². The molecule has 1 aliphatic rings. The van der Waals surface area contributed by atoms with Gasteiger partial charge in [0.15, 0.2) is 0 Å². The third kappa shape index (κ3) is 4.54. The Morgan fingerprint density at radius 1 is 1.06 bits per heavy atom. The average molecular weight is 336 g/mol. The summed E-state index contributed by atoms with van der Waals surface area (Å²) in [4.78, 5) is 0. The zero-order valence-electron chi connectivity index (χ0n) is 11.3. The van der Waals surface area contributed by atoms with Crippen LogP contribution < -0.4 is 0 Å². The molecule has 1 rings (SSSR count). The summed E-state index contributed by atoms with van der Waals surface area (Å²) in [7, 11) is 0. The van der Waals surface area contributed by atoms with E-state index in [1.807, 2.05) is 0 Å². The van der Waals surface area contributed by atoms with E-state index in [2.05, 4.69) is 43.4 Å². The van der Waals surface area contributed by atoms with Gasteiger partial charge in [-0.15, -0.1) is 0 Å². The van der Waals surface area contributed by atoms with Crippen molar-refractivity contribution in [3.05, 3.63) is 0 Å². The van der Waals surface area contributed by atoms with E-state index in [0.717, 1.165) is 23.7 Å². The van der Waals surface area contributed by atoms with E-state index in [1.54, 1.807) is 0 Å². The molecule has 0 amide bonds. The van der Waals surface area contributed by atoms with Crippen molar-refractivity contribution in [1.29, 1.82) is 0 Å². The molecule has 16 heavy (non-hydrogen) atoms. The van der Waals surface area contributed by atoms with Crippen LogP contribution >= 0.6 is 22.6 Å². The van der Waals surface area contributed by atoms with Crippen LogP contribution in [0, 0.1) is 23.7 Å². The Hall–Kier alpha value is 0.730. The van der Waals surface area contributed by atoms with Gasteiger partial charge in [-0.1, -0.05) is 56.2 Å². The molecule has 1 fully saturated rings. The Labute approximate surface area is 116 Å². The van der Waals surface area contributed by atoms with Crippen molar-refractivity contribution in [1.82, 2.24) is 0 Å². The van der Waals surface area contributed by atoms with Crippen molar-refractivity contribution in [3.8, 4) is 0 Å². The third-order valence-electron chi connectivity index (χ3n) is 4.66. The summed E-state index contributed by atoms with van der Waals surface area (Å²) in [5.74, 6) is 4.06. The Bertz CT molecular complexity index is 178. The van der Waals surface area contributed by atoms with Gasteiger partial charge in [0.1, 0.15) is 0 Å². The van der Waals surface area contributed by atoms with Gasteiger partial charge in [-0.2, -0.15) is 0 Å². The second-order valence-electron chi connectivity index (χ2n) is 5.91. The summed E-state index contributed by atoms with van der Waals surface area (Å²) >= 11 is 2.51. The van der Waals surface area contributed by atoms with Gasteiger partial charge in [-0.3, -0.25) is 0 Å². The van der Waals surface area contributed by atoms with E-state index >= 15 is 0 Å². The van der Waals surface area contributed by atoms with E-state index in [1.165, 1.54) is 49.4 Å². The van der Waals surface area contributed by atoms with Gasteiger partial charge in [0, 0.05) is 0 Å². The van der Waals surface area contributed by atoms with Crippen LogP contribution in [0.3, 0.4) is 0 Å². The average Bonchev–Trinajstić information content (AvgIpc) is 2.75. The zero-order chi connectivity index (χ0) is 12.0. The summed E-state index contributed by atoms with van der Waals surface area (Å²) in [5, 5.41) is 0. The van der Waals surface area contributed by atoms with Gasteiger partial charge in [0.2, 0.25) is 0 Å². The normalized spacial score (nSPS) is 29.2. The maximum absolute atomic E-state index is 2.51. The van der Waals surface area contributed by atoms with Gasteiger partial charge in [-0.05, 0) is 60.2 Å². The smallest absolute Gasteiger partial charge is 0.000463 e.